The van der Waals surface area contributed by atoms with Crippen molar-refractivity contribution in [2.45, 2.75) is 58.0 Å². The van der Waals surface area contributed by atoms with Crippen molar-refractivity contribution in [2.75, 3.05) is 20.6 Å². The molecule has 1 aromatic rings. The fourth-order valence-electron chi connectivity index (χ4n) is 3.42. The number of likely N-dealkylation sites (N-methyl/N-ethyl adjacent to an activating group) is 1. The summed E-state index contributed by atoms with van der Waals surface area (Å²) < 4.78 is 0. The maximum atomic E-state index is 3.94. The minimum absolute atomic E-state index is 0.437. The molecule has 2 unspecified atom stereocenters. The molecule has 0 saturated heterocycles. The summed E-state index contributed by atoms with van der Waals surface area (Å²) in [7, 11) is 4.32. The minimum Gasteiger partial charge on any atom is -0.308 e. The molecule has 0 heterocycles. The summed E-state index contributed by atoms with van der Waals surface area (Å²) in [4.78, 5) is 2.28. The first-order valence-corrected chi connectivity index (χ1v) is 8.42. The first kappa shape index (κ1) is 16.5. The van der Waals surface area contributed by atoms with Crippen molar-refractivity contribution in [3.05, 3.63) is 35.9 Å². The molecular formula is C19H32N2. The monoisotopic (exact) mass is 288 g/mol. The average molecular weight is 288 g/mol. The van der Waals surface area contributed by atoms with Crippen LogP contribution in [-0.4, -0.2) is 31.6 Å². The van der Waals surface area contributed by atoms with Gasteiger partial charge in [-0.05, 0) is 50.8 Å². The lowest BCUT2D eigenvalue weighted by atomic mass is 9.85. The van der Waals surface area contributed by atoms with E-state index >= 15 is 0 Å². The van der Waals surface area contributed by atoms with Crippen LogP contribution in [0, 0.1) is 5.41 Å². The molecular weight excluding hydrogens is 256 g/mol. The van der Waals surface area contributed by atoms with Crippen LogP contribution in [0.1, 0.15) is 57.6 Å². The molecule has 1 aliphatic carbocycles. The van der Waals surface area contributed by atoms with Gasteiger partial charge in [0.2, 0.25) is 0 Å². The number of hydrogen-bond donors (Lipinski definition) is 1. The highest BCUT2D eigenvalue weighted by atomic mass is 15.1. The molecule has 0 aliphatic heterocycles. The minimum atomic E-state index is 0.437. The lowest BCUT2D eigenvalue weighted by molar-refractivity contribution is 0.291. The highest BCUT2D eigenvalue weighted by molar-refractivity contribution is 5.19. The molecule has 118 valence electrons. The molecule has 0 bridgehead atoms. The molecule has 21 heavy (non-hydrogen) atoms. The maximum absolute atomic E-state index is 3.94. The van der Waals surface area contributed by atoms with Crippen LogP contribution in [0.25, 0.3) is 0 Å². The molecule has 2 atom stereocenters. The van der Waals surface area contributed by atoms with E-state index in [2.05, 4.69) is 68.5 Å². The Morgan fingerprint density at radius 3 is 2.52 bits per heavy atom. The predicted molar refractivity (Wildman–Crippen MR) is 91.5 cm³/mol. The van der Waals surface area contributed by atoms with Gasteiger partial charge in [-0.15, -0.1) is 0 Å². The summed E-state index contributed by atoms with van der Waals surface area (Å²) >= 11 is 0. The van der Waals surface area contributed by atoms with Crippen molar-refractivity contribution in [2.24, 2.45) is 5.41 Å². The zero-order valence-corrected chi connectivity index (χ0v) is 14.2. The lowest BCUT2D eigenvalue weighted by Crippen LogP contribution is -2.38. The third kappa shape index (κ3) is 5.44. The van der Waals surface area contributed by atoms with Gasteiger partial charge in [-0.25, -0.2) is 0 Å². The van der Waals surface area contributed by atoms with Gasteiger partial charge in [-0.3, -0.25) is 0 Å². The summed E-state index contributed by atoms with van der Waals surface area (Å²) in [5.74, 6) is 0. The average Bonchev–Trinajstić information content (AvgIpc) is 2.60. The van der Waals surface area contributed by atoms with E-state index in [-0.39, 0.29) is 0 Å². The Morgan fingerprint density at radius 1 is 1.14 bits per heavy atom. The Morgan fingerprint density at radius 2 is 1.86 bits per heavy atom. The molecule has 2 rings (SSSR count). The highest BCUT2D eigenvalue weighted by Crippen LogP contribution is 2.34. The van der Waals surface area contributed by atoms with E-state index in [1.165, 1.54) is 37.7 Å². The van der Waals surface area contributed by atoms with E-state index in [4.69, 9.17) is 0 Å². The van der Waals surface area contributed by atoms with Crippen molar-refractivity contribution in [1.29, 1.82) is 0 Å². The summed E-state index contributed by atoms with van der Waals surface area (Å²) in [6.07, 6.45) is 6.70. The topological polar surface area (TPSA) is 15.3 Å². The van der Waals surface area contributed by atoms with Gasteiger partial charge in [0.25, 0.3) is 0 Å². The molecule has 2 heteroatoms. The van der Waals surface area contributed by atoms with Crippen molar-refractivity contribution in [1.82, 2.24) is 10.2 Å². The SMILES string of the molecule is CN(C)CC(NC1CCCC(C)(C)CC1)c1ccccc1. The van der Waals surface area contributed by atoms with Crippen LogP contribution < -0.4 is 5.32 Å². The summed E-state index contributed by atoms with van der Waals surface area (Å²) in [6.45, 7) is 5.90. The van der Waals surface area contributed by atoms with Gasteiger partial charge in [0, 0.05) is 18.6 Å². The van der Waals surface area contributed by atoms with Gasteiger partial charge in [0.05, 0.1) is 0 Å². The van der Waals surface area contributed by atoms with Gasteiger partial charge in [-0.2, -0.15) is 0 Å². The zero-order valence-electron chi connectivity index (χ0n) is 14.2. The van der Waals surface area contributed by atoms with Crippen molar-refractivity contribution in [3.63, 3.8) is 0 Å². The summed E-state index contributed by atoms with van der Waals surface area (Å²) in [5, 5.41) is 3.94. The normalized spacial score (nSPS) is 23.8. The highest BCUT2D eigenvalue weighted by Gasteiger charge is 2.26. The molecule has 1 N–H and O–H groups in total. The van der Waals surface area contributed by atoms with E-state index in [1.54, 1.807) is 0 Å². The van der Waals surface area contributed by atoms with E-state index in [1.807, 2.05) is 0 Å². The molecule has 1 fully saturated rings. The Kier molecular flexibility index (Phi) is 5.83. The van der Waals surface area contributed by atoms with E-state index < -0.39 is 0 Å². The molecule has 2 nitrogen and oxygen atoms in total. The number of benzene rings is 1. The van der Waals surface area contributed by atoms with Crippen LogP contribution in [0.15, 0.2) is 30.3 Å². The fourth-order valence-corrected chi connectivity index (χ4v) is 3.42. The Labute approximate surface area is 130 Å². The van der Waals surface area contributed by atoms with Gasteiger partial charge >= 0.3 is 0 Å². The molecule has 1 saturated carbocycles. The molecule has 1 aromatic carbocycles. The Bertz CT molecular complexity index is 411. The molecule has 0 radical (unpaired) electrons. The van der Waals surface area contributed by atoms with Crippen molar-refractivity contribution < 1.29 is 0 Å². The van der Waals surface area contributed by atoms with Gasteiger partial charge in [0.15, 0.2) is 0 Å². The molecule has 0 spiro atoms. The van der Waals surface area contributed by atoms with Crippen LogP contribution in [0.5, 0.6) is 0 Å². The number of rotatable bonds is 5. The Balaban J connectivity index is 2.01. The number of nitrogens with zero attached hydrogens (tertiary/aromatic N) is 1. The Hall–Kier alpha value is -0.860. The fraction of sp³-hybridized carbons (Fsp3) is 0.684. The first-order chi connectivity index (χ1) is 9.96. The van der Waals surface area contributed by atoms with Crippen LogP contribution in [0.4, 0.5) is 0 Å². The second kappa shape index (κ2) is 7.42. The number of hydrogen-bond acceptors (Lipinski definition) is 2. The van der Waals surface area contributed by atoms with E-state index in [9.17, 15) is 0 Å². The maximum Gasteiger partial charge on any atom is 0.0451 e. The first-order valence-electron chi connectivity index (χ1n) is 8.42. The third-order valence-corrected chi connectivity index (χ3v) is 4.76. The van der Waals surface area contributed by atoms with Crippen LogP contribution >= 0.6 is 0 Å². The second-order valence-corrected chi connectivity index (χ2v) is 7.68. The van der Waals surface area contributed by atoms with E-state index in [0.717, 1.165) is 6.54 Å². The van der Waals surface area contributed by atoms with Gasteiger partial charge in [-0.1, -0.05) is 50.6 Å². The lowest BCUT2D eigenvalue weighted by Gasteiger charge is -2.28. The van der Waals surface area contributed by atoms with Crippen molar-refractivity contribution in [3.8, 4) is 0 Å². The quantitative estimate of drug-likeness (QED) is 0.815. The standard InChI is InChI=1S/C19H32N2/c1-19(2)13-8-11-17(12-14-19)20-18(15-21(3)4)16-9-6-5-7-10-16/h5-7,9-10,17-18,20H,8,11-15H2,1-4H3. The second-order valence-electron chi connectivity index (χ2n) is 7.68. The molecule has 0 aromatic heterocycles. The largest absolute Gasteiger partial charge is 0.308 e. The molecule has 1 aliphatic rings. The zero-order chi connectivity index (χ0) is 15.3. The molecule has 0 amide bonds. The predicted octanol–water partition coefficient (Wildman–Crippen LogP) is 4.24. The van der Waals surface area contributed by atoms with Gasteiger partial charge < -0.3 is 10.2 Å². The van der Waals surface area contributed by atoms with E-state index in [0.29, 0.717) is 17.5 Å². The number of nitrogens with one attached hydrogen (secondary N) is 1. The smallest absolute Gasteiger partial charge is 0.0451 e. The summed E-state index contributed by atoms with van der Waals surface area (Å²) in [6, 6.07) is 12.0. The third-order valence-electron chi connectivity index (χ3n) is 4.76. The van der Waals surface area contributed by atoms with Crippen molar-refractivity contribution >= 4 is 0 Å². The summed E-state index contributed by atoms with van der Waals surface area (Å²) in [5.41, 5.74) is 1.94. The van der Waals surface area contributed by atoms with Gasteiger partial charge in [0.1, 0.15) is 0 Å². The van der Waals surface area contributed by atoms with Crippen LogP contribution in [0.3, 0.4) is 0 Å². The van der Waals surface area contributed by atoms with Crippen LogP contribution in [-0.2, 0) is 0 Å². The van der Waals surface area contributed by atoms with Crippen LogP contribution in [0.2, 0.25) is 0 Å².